The van der Waals surface area contributed by atoms with Crippen LogP contribution in [0.25, 0.3) is 0 Å². The first kappa shape index (κ1) is 14.5. The molecule has 0 atom stereocenters. The van der Waals surface area contributed by atoms with Crippen LogP contribution in [0.1, 0.15) is 39.4 Å². The molecule has 0 aliphatic carbocycles. The number of hydrogen-bond acceptors (Lipinski definition) is 4. The Bertz CT molecular complexity index is 425. The van der Waals surface area contributed by atoms with Crippen molar-refractivity contribution in [2.75, 3.05) is 26.2 Å². The number of rotatable bonds is 4. The van der Waals surface area contributed by atoms with Crippen LogP contribution in [0.3, 0.4) is 0 Å². The Balaban J connectivity index is 1.94. The summed E-state index contributed by atoms with van der Waals surface area (Å²) < 4.78 is 5.71. The van der Waals surface area contributed by atoms with Gasteiger partial charge in [0.2, 0.25) is 5.88 Å². The Labute approximate surface area is 120 Å². The van der Waals surface area contributed by atoms with Gasteiger partial charge in [0.05, 0.1) is 0 Å². The van der Waals surface area contributed by atoms with E-state index < -0.39 is 0 Å². The molecule has 106 valence electrons. The van der Waals surface area contributed by atoms with E-state index in [1.165, 1.54) is 25.9 Å². The third-order valence-corrected chi connectivity index (χ3v) is 3.39. The Morgan fingerprint density at radius 1 is 1.26 bits per heavy atom. The maximum Gasteiger partial charge on any atom is 0.218 e. The highest BCUT2D eigenvalue weighted by Gasteiger charge is 2.19. The summed E-state index contributed by atoms with van der Waals surface area (Å²) in [4.78, 5) is 11.1. The Hall–Kier alpha value is -0.870. The minimum Gasteiger partial charge on any atom is -0.476 e. The molecule has 0 radical (unpaired) electrons. The van der Waals surface area contributed by atoms with Crippen LogP contribution in [-0.2, 0) is 5.41 Å². The highest BCUT2D eigenvalue weighted by Crippen LogP contribution is 2.23. The average molecular weight is 284 g/mol. The molecule has 0 aromatic carbocycles. The second-order valence-corrected chi connectivity index (χ2v) is 6.39. The van der Waals surface area contributed by atoms with Gasteiger partial charge in [0, 0.05) is 18.0 Å². The molecule has 0 N–H and O–H groups in total. The third kappa shape index (κ3) is 4.32. The van der Waals surface area contributed by atoms with Crippen molar-refractivity contribution < 1.29 is 4.74 Å². The van der Waals surface area contributed by atoms with Gasteiger partial charge in [-0.1, -0.05) is 32.4 Å². The third-order valence-electron chi connectivity index (χ3n) is 3.20. The number of halogens is 1. The largest absolute Gasteiger partial charge is 0.476 e. The molecule has 1 saturated heterocycles. The van der Waals surface area contributed by atoms with Gasteiger partial charge in [0.1, 0.15) is 17.6 Å². The highest BCUT2D eigenvalue weighted by atomic mass is 35.5. The summed E-state index contributed by atoms with van der Waals surface area (Å²) >= 11 is 6.02. The quantitative estimate of drug-likeness (QED) is 0.797. The number of likely N-dealkylation sites (tertiary alicyclic amines) is 1. The SMILES string of the molecule is CC(C)(C)c1nc(Cl)cc(OCCN2CCCC2)n1. The molecule has 0 amide bonds. The molecule has 0 bridgehead atoms. The van der Waals surface area contributed by atoms with Crippen molar-refractivity contribution in [1.82, 2.24) is 14.9 Å². The van der Waals surface area contributed by atoms with Crippen LogP contribution in [0, 0.1) is 0 Å². The highest BCUT2D eigenvalue weighted by molar-refractivity contribution is 6.29. The number of nitrogens with zero attached hydrogens (tertiary/aromatic N) is 3. The van der Waals surface area contributed by atoms with Crippen molar-refractivity contribution in [2.45, 2.75) is 39.0 Å². The maximum atomic E-state index is 6.02. The first-order chi connectivity index (χ1) is 8.95. The molecule has 0 unspecified atom stereocenters. The smallest absolute Gasteiger partial charge is 0.218 e. The maximum absolute atomic E-state index is 6.02. The Morgan fingerprint density at radius 3 is 2.58 bits per heavy atom. The predicted molar refractivity (Wildman–Crippen MR) is 76.9 cm³/mol. The molecule has 5 heteroatoms. The average Bonchev–Trinajstić information content (AvgIpc) is 2.80. The van der Waals surface area contributed by atoms with Gasteiger partial charge in [-0.15, -0.1) is 0 Å². The van der Waals surface area contributed by atoms with Gasteiger partial charge in [0.15, 0.2) is 0 Å². The summed E-state index contributed by atoms with van der Waals surface area (Å²) in [5.41, 5.74) is -0.127. The molecular formula is C14H22ClN3O. The van der Waals surface area contributed by atoms with Gasteiger partial charge in [-0.2, -0.15) is 4.98 Å². The first-order valence-corrected chi connectivity index (χ1v) is 7.23. The van der Waals surface area contributed by atoms with Crippen LogP contribution >= 0.6 is 11.6 Å². The molecule has 1 aromatic rings. The van der Waals surface area contributed by atoms with Gasteiger partial charge < -0.3 is 4.74 Å². The fourth-order valence-electron chi connectivity index (χ4n) is 2.09. The van der Waals surface area contributed by atoms with Crippen LogP contribution in [0.4, 0.5) is 0 Å². The van der Waals surface area contributed by atoms with Crippen molar-refractivity contribution in [2.24, 2.45) is 0 Å². The topological polar surface area (TPSA) is 38.2 Å². The molecule has 1 aromatic heterocycles. The zero-order chi connectivity index (χ0) is 13.9. The number of ether oxygens (including phenoxy) is 1. The number of hydrogen-bond donors (Lipinski definition) is 0. The predicted octanol–water partition coefficient (Wildman–Crippen LogP) is 2.90. The Kier molecular flexibility index (Phi) is 4.63. The minimum atomic E-state index is -0.127. The van der Waals surface area contributed by atoms with Gasteiger partial charge in [-0.3, -0.25) is 4.90 Å². The van der Waals surface area contributed by atoms with E-state index in [4.69, 9.17) is 16.3 Å². The second kappa shape index (κ2) is 6.06. The molecule has 19 heavy (non-hydrogen) atoms. The van der Waals surface area contributed by atoms with E-state index in [1.807, 2.05) is 0 Å². The molecule has 4 nitrogen and oxygen atoms in total. The van der Waals surface area contributed by atoms with Crippen LogP contribution < -0.4 is 4.74 Å². The van der Waals surface area contributed by atoms with Crippen LogP contribution in [0.5, 0.6) is 5.88 Å². The summed E-state index contributed by atoms with van der Waals surface area (Å²) in [6.07, 6.45) is 2.60. The van der Waals surface area contributed by atoms with E-state index in [1.54, 1.807) is 6.07 Å². The standard InChI is InChI=1S/C14H22ClN3O/c1-14(2,3)13-16-11(15)10-12(17-13)19-9-8-18-6-4-5-7-18/h10H,4-9H2,1-3H3. The fourth-order valence-corrected chi connectivity index (χ4v) is 2.27. The van der Waals surface area contributed by atoms with Crippen molar-refractivity contribution in [1.29, 1.82) is 0 Å². The Morgan fingerprint density at radius 2 is 1.95 bits per heavy atom. The van der Waals surface area contributed by atoms with E-state index in [9.17, 15) is 0 Å². The van der Waals surface area contributed by atoms with Gasteiger partial charge in [0.25, 0.3) is 0 Å². The van der Waals surface area contributed by atoms with Crippen LogP contribution in [0.15, 0.2) is 6.07 Å². The van der Waals surface area contributed by atoms with Gasteiger partial charge >= 0.3 is 0 Å². The van der Waals surface area contributed by atoms with Crippen LogP contribution in [0.2, 0.25) is 5.15 Å². The van der Waals surface area contributed by atoms with Gasteiger partial charge in [-0.05, 0) is 25.9 Å². The van der Waals surface area contributed by atoms with E-state index >= 15 is 0 Å². The van der Waals surface area contributed by atoms with Crippen molar-refractivity contribution >= 4 is 11.6 Å². The summed E-state index contributed by atoms with van der Waals surface area (Å²) in [5.74, 6) is 1.29. The fraction of sp³-hybridized carbons (Fsp3) is 0.714. The zero-order valence-electron chi connectivity index (χ0n) is 11.9. The summed E-state index contributed by atoms with van der Waals surface area (Å²) in [7, 11) is 0. The van der Waals surface area contributed by atoms with E-state index in [0.29, 0.717) is 17.6 Å². The minimum absolute atomic E-state index is 0.127. The summed E-state index contributed by atoms with van der Waals surface area (Å²) in [5, 5.41) is 0.441. The normalized spacial score (nSPS) is 16.8. The lowest BCUT2D eigenvalue weighted by molar-refractivity contribution is 0.230. The van der Waals surface area contributed by atoms with E-state index in [-0.39, 0.29) is 5.41 Å². The lowest BCUT2D eigenvalue weighted by atomic mass is 9.96. The van der Waals surface area contributed by atoms with Crippen molar-refractivity contribution in [3.63, 3.8) is 0 Å². The lowest BCUT2D eigenvalue weighted by Gasteiger charge is -2.18. The molecule has 1 fully saturated rings. The molecule has 0 spiro atoms. The molecule has 0 saturated carbocycles. The van der Waals surface area contributed by atoms with E-state index in [2.05, 4.69) is 35.6 Å². The van der Waals surface area contributed by atoms with E-state index in [0.717, 1.165) is 12.4 Å². The monoisotopic (exact) mass is 283 g/mol. The molecular weight excluding hydrogens is 262 g/mol. The van der Waals surface area contributed by atoms with Crippen molar-refractivity contribution in [3.8, 4) is 5.88 Å². The molecule has 1 aliphatic heterocycles. The summed E-state index contributed by atoms with van der Waals surface area (Å²) in [6, 6.07) is 1.68. The van der Waals surface area contributed by atoms with Gasteiger partial charge in [-0.25, -0.2) is 4.98 Å². The lowest BCUT2D eigenvalue weighted by Crippen LogP contribution is -2.25. The zero-order valence-corrected chi connectivity index (χ0v) is 12.7. The molecule has 2 heterocycles. The van der Waals surface area contributed by atoms with Crippen LogP contribution in [-0.4, -0.2) is 41.1 Å². The van der Waals surface area contributed by atoms with Crippen molar-refractivity contribution in [3.05, 3.63) is 17.0 Å². The molecule has 2 rings (SSSR count). The number of aromatic nitrogens is 2. The first-order valence-electron chi connectivity index (χ1n) is 6.85. The molecule has 1 aliphatic rings. The second-order valence-electron chi connectivity index (χ2n) is 6.00. The summed E-state index contributed by atoms with van der Waals surface area (Å²) in [6.45, 7) is 10.2.